The van der Waals surface area contributed by atoms with E-state index >= 15 is 0 Å². The molecule has 0 radical (unpaired) electrons. The van der Waals surface area contributed by atoms with E-state index in [1.54, 1.807) is 0 Å². The predicted molar refractivity (Wildman–Crippen MR) is 71.7 cm³/mol. The lowest BCUT2D eigenvalue weighted by Gasteiger charge is -2.05. The van der Waals surface area contributed by atoms with E-state index < -0.39 is 0 Å². The van der Waals surface area contributed by atoms with Crippen molar-refractivity contribution in [1.29, 1.82) is 0 Å². The lowest BCUT2D eigenvalue weighted by Crippen LogP contribution is -1.82. The molecule has 2 aromatic rings. The van der Waals surface area contributed by atoms with Gasteiger partial charge in [-0.15, -0.1) is 0 Å². The van der Waals surface area contributed by atoms with E-state index in [9.17, 15) is 0 Å². The quantitative estimate of drug-likeness (QED) is 0.682. The van der Waals surface area contributed by atoms with Crippen LogP contribution in [0.25, 0.3) is 17.2 Å². The van der Waals surface area contributed by atoms with Gasteiger partial charge in [0.15, 0.2) is 0 Å². The third kappa shape index (κ3) is 2.34. The Labute approximate surface area is 101 Å². The maximum absolute atomic E-state index is 5.99. The molecular formula is C15H13Cl. The first-order chi connectivity index (χ1) is 7.69. The normalized spacial score (nSPS) is 10.1. The van der Waals surface area contributed by atoms with E-state index in [1.807, 2.05) is 24.3 Å². The lowest BCUT2D eigenvalue weighted by atomic mass is 10.0. The predicted octanol–water partition coefficient (Wildman–Crippen LogP) is 4.96. The Kier molecular flexibility index (Phi) is 3.12. The zero-order valence-corrected chi connectivity index (χ0v) is 9.96. The molecule has 0 nitrogen and oxygen atoms in total. The summed E-state index contributed by atoms with van der Waals surface area (Å²) in [5.74, 6) is 0. The van der Waals surface area contributed by atoms with Crippen LogP contribution in [0.4, 0.5) is 0 Å². The Bertz CT molecular complexity index is 527. The number of aryl methyl sites for hydroxylation is 1. The number of hydrogen-bond donors (Lipinski definition) is 0. The summed E-state index contributed by atoms with van der Waals surface area (Å²) in [5.41, 5.74) is 4.68. The van der Waals surface area contributed by atoms with Crippen LogP contribution in [0.3, 0.4) is 0 Å². The molecule has 16 heavy (non-hydrogen) atoms. The second-order valence-corrected chi connectivity index (χ2v) is 4.28. The van der Waals surface area contributed by atoms with Gasteiger partial charge >= 0.3 is 0 Å². The average Bonchev–Trinajstić information content (AvgIpc) is 2.28. The van der Waals surface area contributed by atoms with Gasteiger partial charge in [0, 0.05) is 5.02 Å². The summed E-state index contributed by atoms with van der Waals surface area (Å²) in [7, 11) is 0. The molecule has 0 amide bonds. The average molecular weight is 229 g/mol. The van der Waals surface area contributed by atoms with Crippen LogP contribution in [-0.4, -0.2) is 0 Å². The van der Waals surface area contributed by atoms with Crippen LogP contribution in [0.2, 0.25) is 5.02 Å². The molecule has 0 aliphatic heterocycles. The molecule has 0 N–H and O–H groups in total. The lowest BCUT2D eigenvalue weighted by molar-refractivity contribution is 1.45. The number of hydrogen-bond acceptors (Lipinski definition) is 0. The second kappa shape index (κ2) is 4.54. The molecule has 0 heterocycles. The fourth-order valence-corrected chi connectivity index (χ4v) is 1.96. The van der Waals surface area contributed by atoms with Gasteiger partial charge in [-0.3, -0.25) is 0 Å². The SMILES string of the molecule is C=Cc1cc(C)cc(-c2cccc(Cl)c2)c1. The molecule has 0 unspecified atom stereocenters. The van der Waals surface area contributed by atoms with Crippen molar-refractivity contribution in [2.75, 3.05) is 0 Å². The summed E-state index contributed by atoms with van der Waals surface area (Å²) in [4.78, 5) is 0. The fraction of sp³-hybridized carbons (Fsp3) is 0.0667. The van der Waals surface area contributed by atoms with Gasteiger partial charge in [0.05, 0.1) is 0 Å². The van der Waals surface area contributed by atoms with Crippen molar-refractivity contribution >= 4 is 17.7 Å². The van der Waals surface area contributed by atoms with Gasteiger partial charge in [0.1, 0.15) is 0 Å². The van der Waals surface area contributed by atoms with E-state index in [0.29, 0.717) is 0 Å². The summed E-state index contributed by atoms with van der Waals surface area (Å²) in [6.45, 7) is 5.88. The van der Waals surface area contributed by atoms with E-state index in [1.165, 1.54) is 11.1 Å². The van der Waals surface area contributed by atoms with Crippen molar-refractivity contribution in [1.82, 2.24) is 0 Å². The summed E-state index contributed by atoms with van der Waals surface area (Å²) >= 11 is 5.99. The van der Waals surface area contributed by atoms with Gasteiger partial charge in [-0.05, 0) is 47.4 Å². The van der Waals surface area contributed by atoms with Crippen molar-refractivity contribution in [3.05, 3.63) is 65.2 Å². The van der Waals surface area contributed by atoms with Crippen LogP contribution in [0.15, 0.2) is 49.0 Å². The van der Waals surface area contributed by atoms with Crippen molar-refractivity contribution in [3.8, 4) is 11.1 Å². The monoisotopic (exact) mass is 228 g/mol. The standard InChI is InChI=1S/C15H13Cl/c1-3-12-7-11(2)8-14(9-12)13-5-4-6-15(16)10-13/h3-10H,1H2,2H3. The highest BCUT2D eigenvalue weighted by Gasteiger charge is 2.00. The molecule has 0 aromatic heterocycles. The third-order valence-electron chi connectivity index (χ3n) is 2.49. The van der Waals surface area contributed by atoms with E-state index in [4.69, 9.17) is 11.6 Å². The fourth-order valence-electron chi connectivity index (χ4n) is 1.77. The molecule has 0 saturated heterocycles. The smallest absolute Gasteiger partial charge is 0.0412 e. The Morgan fingerprint density at radius 2 is 1.88 bits per heavy atom. The van der Waals surface area contributed by atoms with Crippen molar-refractivity contribution in [2.45, 2.75) is 6.92 Å². The van der Waals surface area contributed by atoms with Crippen LogP contribution in [0.5, 0.6) is 0 Å². The Hall–Kier alpha value is -1.53. The first kappa shape index (κ1) is 11.0. The molecule has 80 valence electrons. The molecule has 0 spiro atoms. The molecule has 0 atom stereocenters. The van der Waals surface area contributed by atoms with Gasteiger partial charge in [-0.2, -0.15) is 0 Å². The molecular weight excluding hydrogens is 216 g/mol. The summed E-state index contributed by atoms with van der Waals surface area (Å²) < 4.78 is 0. The van der Waals surface area contributed by atoms with Crippen LogP contribution >= 0.6 is 11.6 Å². The molecule has 2 rings (SSSR count). The molecule has 1 heteroatoms. The first-order valence-corrected chi connectivity index (χ1v) is 5.57. The van der Waals surface area contributed by atoms with Gasteiger partial charge in [0.2, 0.25) is 0 Å². The number of halogens is 1. The minimum atomic E-state index is 0.763. The highest BCUT2D eigenvalue weighted by atomic mass is 35.5. The summed E-state index contributed by atoms with van der Waals surface area (Å²) in [6.07, 6.45) is 1.86. The van der Waals surface area contributed by atoms with Gasteiger partial charge in [-0.25, -0.2) is 0 Å². The topological polar surface area (TPSA) is 0 Å². The van der Waals surface area contributed by atoms with Gasteiger partial charge < -0.3 is 0 Å². The van der Waals surface area contributed by atoms with Crippen LogP contribution in [0.1, 0.15) is 11.1 Å². The Morgan fingerprint density at radius 3 is 2.56 bits per heavy atom. The summed E-state index contributed by atoms with van der Waals surface area (Å²) in [5, 5.41) is 0.763. The zero-order valence-electron chi connectivity index (χ0n) is 9.20. The van der Waals surface area contributed by atoms with E-state index in [0.717, 1.165) is 16.1 Å². The highest BCUT2D eigenvalue weighted by molar-refractivity contribution is 6.30. The first-order valence-electron chi connectivity index (χ1n) is 5.19. The highest BCUT2D eigenvalue weighted by Crippen LogP contribution is 2.25. The third-order valence-corrected chi connectivity index (χ3v) is 2.73. The molecule has 0 bridgehead atoms. The van der Waals surface area contributed by atoms with E-state index in [2.05, 4.69) is 37.8 Å². The van der Waals surface area contributed by atoms with Gasteiger partial charge in [-0.1, -0.05) is 48.5 Å². The minimum Gasteiger partial charge on any atom is -0.0985 e. The van der Waals surface area contributed by atoms with Crippen molar-refractivity contribution in [2.24, 2.45) is 0 Å². The molecule has 0 saturated carbocycles. The minimum absolute atomic E-state index is 0.763. The van der Waals surface area contributed by atoms with E-state index in [-0.39, 0.29) is 0 Å². The number of benzene rings is 2. The van der Waals surface area contributed by atoms with Gasteiger partial charge in [0.25, 0.3) is 0 Å². The summed E-state index contributed by atoms with van der Waals surface area (Å²) in [6, 6.07) is 14.3. The molecule has 0 fully saturated rings. The Balaban J connectivity index is 2.55. The number of rotatable bonds is 2. The van der Waals surface area contributed by atoms with Crippen molar-refractivity contribution in [3.63, 3.8) is 0 Å². The molecule has 0 aliphatic carbocycles. The molecule has 0 aliphatic rings. The second-order valence-electron chi connectivity index (χ2n) is 3.85. The maximum atomic E-state index is 5.99. The maximum Gasteiger partial charge on any atom is 0.0412 e. The van der Waals surface area contributed by atoms with Crippen LogP contribution < -0.4 is 0 Å². The Morgan fingerprint density at radius 1 is 1.06 bits per heavy atom. The van der Waals surface area contributed by atoms with Crippen LogP contribution in [0, 0.1) is 6.92 Å². The van der Waals surface area contributed by atoms with Crippen molar-refractivity contribution < 1.29 is 0 Å². The zero-order chi connectivity index (χ0) is 11.5. The largest absolute Gasteiger partial charge is 0.0985 e. The van der Waals surface area contributed by atoms with Crippen LogP contribution in [-0.2, 0) is 0 Å². The molecule has 2 aromatic carbocycles.